The van der Waals surface area contributed by atoms with Crippen LogP contribution in [-0.2, 0) is 19.5 Å². The molecule has 3 aromatic rings. The Balaban J connectivity index is 1.58. The summed E-state index contributed by atoms with van der Waals surface area (Å²) in [6, 6.07) is 10.5. The van der Waals surface area contributed by atoms with Crippen LogP contribution in [0.4, 0.5) is 0 Å². The molecule has 0 aliphatic carbocycles. The molecule has 0 amide bonds. The summed E-state index contributed by atoms with van der Waals surface area (Å²) in [6.45, 7) is 6.93. The van der Waals surface area contributed by atoms with Gasteiger partial charge < -0.3 is 0 Å². The molecule has 1 aliphatic heterocycles. The average Bonchev–Trinajstić information content (AvgIpc) is 2.96. The van der Waals surface area contributed by atoms with Gasteiger partial charge in [-0.3, -0.25) is 4.90 Å². The lowest BCUT2D eigenvalue weighted by molar-refractivity contribution is 0.245. The Morgan fingerprint density at radius 1 is 1.12 bits per heavy atom. The van der Waals surface area contributed by atoms with Crippen LogP contribution in [0.2, 0.25) is 0 Å². The second kappa shape index (κ2) is 6.42. The summed E-state index contributed by atoms with van der Waals surface area (Å²) in [7, 11) is 0. The third-order valence-electron chi connectivity index (χ3n) is 4.35. The minimum Gasteiger partial charge on any atom is -0.293 e. The molecule has 1 aromatic carbocycles. The molecule has 0 N–H and O–H groups in total. The Kier molecular flexibility index (Phi) is 4.12. The van der Waals surface area contributed by atoms with Crippen molar-refractivity contribution in [1.29, 1.82) is 0 Å². The molecular formula is C19H20N4S. The Hall–Kier alpha value is -2.11. The van der Waals surface area contributed by atoms with Gasteiger partial charge in [-0.25, -0.2) is 15.0 Å². The fourth-order valence-corrected chi connectivity index (χ4v) is 4.21. The second-order valence-electron chi connectivity index (χ2n) is 6.22. The van der Waals surface area contributed by atoms with E-state index >= 15 is 0 Å². The lowest BCUT2D eigenvalue weighted by Crippen LogP contribution is -2.30. The van der Waals surface area contributed by atoms with Crippen molar-refractivity contribution in [1.82, 2.24) is 19.9 Å². The molecule has 0 fully saturated rings. The minimum atomic E-state index is 0.867. The van der Waals surface area contributed by atoms with Gasteiger partial charge in [0.25, 0.3) is 0 Å². The maximum Gasteiger partial charge on any atom is 0.125 e. The van der Waals surface area contributed by atoms with E-state index in [9.17, 15) is 0 Å². The largest absolute Gasteiger partial charge is 0.293 e. The van der Waals surface area contributed by atoms with Crippen molar-refractivity contribution in [3.05, 3.63) is 63.5 Å². The molecule has 24 heavy (non-hydrogen) atoms. The van der Waals surface area contributed by atoms with Crippen LogP contribution in [0.25, 0.3) is 11.3 Å². The lowest BCUT2D eigenvalue weighted by atomic mass is 10.1. The predicted octanol–water partition coefficient (Wildman–Crippen LogP) is 3.78. The number of fused-ring (bicyclic) bond motifs is 1. The molecule has 0 unspecified atom stereocenters. The Labute approximate surface area is 146 Å². The summed E-state index contributed by atoms with van der Waals surface area (Å²) in [5, 5.41) is 1.13. The van der Waals surface area contributed by atoms with Crippen molar-refractivity contribution in [2.24, 2.45) is 0 Å². The van der Waals surface area contributed by atoms with Gasteiger partial charge in [-0.15, -0.1) is 11.3 Å². The number of benzene rings is 1. The molecule has 0 atom stereocenters. The first-order valence-electron chi connectivity index (χ1n) is 8.24. The van der Waals surface area contributed by atoms with Gasteiger partial charge in [0, 0.05) is 53.9 Å². The Morgan fingerprint density at radius 3 is 2.79 bits per heavy atom. The van der Waals surface area contributed by atoms with Crippen LogP contribution in [0.15, 0.2) is 36.5 Å². The fourth-order valence-electron chi connectivity index (χ4n) is 3.21. The normalized spacial score (nSPS) is 14.6. The molecule has 4 nitrogen and oxygen atoms in total. The molecule has 0 saturated heterocycles. The maximum absolute atomic E-state index is 4.77. The smallest absolute Gasteiger partial charge is 0.125 e. The van der Waals surface area contributed by atoms with E-state index in [4.69, 9.17) is 4.98 Å². The summed E-state index contributed by atoms with van der Waals surface area (Å²) in [6.07, 6.45) is 2.98. The van der Waals surface area contributed by atoms with Gasteiger partial charge in [-0.1, -0.05) is 30.3 Å². The zero-order valence-electron chi connectivity index (χ0n) is 14.0. The van der Waals surface area contributed by atoms with Crippen LogP contribution >= 0.6 is 11.3 Å². The van der Waals surface area contributed by atoms with Crippen LogP contribution in [0, 0.1) is 13.8 Å². The monoisotopic (exact) mass is 336 g/mol. The van der Waals surface area contributed by atoms with Gasteiger partial charge in [0.05, 0.1) is 10.7 Å². The third-order valence-corrected chi connectivity index (χ3v) is 5.31. The third kappa shape index (κ3) is 3.09. The van der Waals surface area contributed by atoms with E-state index in [-0.39, 0.29) is 0 Å². The number of hydrogen-bond acceptors (Lipinski definition) is 5. The molecule has 0 radical (unpaired) electrons. The first kappa shape index (κ1) is 15.4. The average molecular weight is 336 g/mol. The van der Waals surface area contributed by atoms with Crippen molar-refractivity contribution in [3.8, 4) is 11.3 Å². The van der Waals surface area contributed by atoms with E-state index in [1.807, 2.05) is 19.2 Å². The predicted molar refractivity (Wildman–Crippen MR) is 96.9 cm³/mol. The van der Waals surface area contributed by atoms with Gasteiger partial charge in [0.2, 0.25) is 0 Å². The zero-order chi connectivity index (χ0) is 16.5. The second-order valence-corrected chi connectivity index (χ2v) is 7.51. The van der Waals surface area contributed by atoms with Gasteiger partial charge in [0.15, 0.2) is 0 Å². The van der Waals surface area contributed by atoms with Gasteiger partial charge in [-0.05, 0) is 13.8 Å². The summed E-state index contributed by atoms with van der Waals surface area (Å²) >= 11 is 1.80. The molecule has 0 bridgehead atoms. The van der Waals surface area contributed by atoms with E-state index in [0.29, 0.717) is 0 Å². The Bertz CT molecular complexity index is 857. The molecule has 4 rings (SSSR count). The van der Waals surface area contributed by atoms with E-state index in [1.165, 1.54) is 21.7 Å². The van der Waals surface area contributed by atoms with Crippen LogP contribution in [0.1, 0.15) is 27.0 Å². The summed E-state index contributed by atoms with van der Waals surface area (Å²) in [4.78, 5) is 17.5. The number of nitrogens with zero attached hydrogens (tertiary/aromatic N) is 4. The molecule has 0 saturated carbocycles. The van der Waals surface area contributed by atoms with Crippen LogP contribution in [0.3, 0.4) is 0 Å². The quantitative estimate of drug-likeness (QED) is 0.730. The molecule has 0 spiro atoms. The molecule has 122 valence electrons. The topological polar surface area (TPSA) is 41.9 Å². The Morgan fingerprint density at radius 2 is 1.96 bits per heavy atom. The molecule has 2 aromatic heterocycles. The number of thiazole rings is 1. The fraction of sp³-hybridized carbons (Fsp3) is 0.316. The summed E-state index contributed by atoms with van der Waals surface area (Å²) in [5.41, 5.74) is 4.80. The molecule has 5 heteroatoms. The minimum absolute atomic E-state index is 0.867. The highest BCUT2D eigenvalue weighted by molar-refractivity contribution is 7.12. The van der Waals surface area contributed by atoms with Crippen LogP contribution < -0.4 is 0 Å². The van der Waals surface area contributed by atoms with E-state index < -0.39 is 0 Å². The van der Waals surface area contributed by atoms with Crippen molar-refractivity contribution in [2.75, 3.05) is 6.54 Å². The highest BCUT2D eigenvalue weighted by Crippen LogP contribution is 2.30. The summed E-state index contributed by atoms with van der Waals surface area (Å²) in [5.74, 6) is 0.867. The first-order chi connectivity index (χ1) is 11.7. The van der Waals surface area contributed by atoms with E-state index in [0.717, 1.165) is 42.6 Å². The number of aryl methyl sites for hydroxylation is 2. The SMILES string of the molecule is Cc1ncc2c(n1)CCN(Cc1sc(C)nc1-c1ccccc1)C2. The summed E-state index contributed by atoms with van der Waals surface area (Å²) < 4.78 is 0. The van der Waals surface area contributed by atoms with Crippen LogP contribution in [0.5, 0.6) is 0 Å². The highest BCUT2D eigenvalue weighted by atomic mass is 32.1. The highest BCUT2D eigenvalue weighted by Gasteiger charge is 2.20. The zero-order valence-corrected chi connectivity index (χ0v) is 14.8. The maximum atomic E-state index is 4.77. The molecule has 3 heterocycles. The van der Waals surface area contributed by atoms with Gasteiger partial charge in [-0.2, -0.15) is 0 Å². The van der Waals surface area contributed by atoms with Gasteiger partial charge >= 0.3 is 0 Å². The lowest BCUT2D eigenvalue weighted by Gasteiger charge is -2.27. The van der Waals surface area contributed by atoms with Crippen molar-refractivity contribution in [3.63, 3.8) is 0 Å². The van der Waals surface area contributed by atoms with Crippen molar-refractivity contribution >= 4 is 11.3 Å². The van der Waals surface area contributed by atoms with Crippen LogP contribution in [-0.4, -0.2) is 26.4 Å². The van der Waals surface area contributed by atoms with E-state index in [2.05, 4.69) is 46.1 Å². The van der Waals surface area contributed by atoms with Gasteiger partial charge in [0.1, 0.15) is 5.82 Å². The van der Waals surface area contributed by atoms with Crippen molar-refractivity contribution < 1.29 is 0 Å². The number of rotatable bonds is 3. The standard InChI is InChI=1S/C19H20N4S/c1-13-20-10-16-11-23(9-8-17(16)21-13)12-18-19(22-14(2)24-18)15-6-4-3-5-7-15/h3-7,10H,8-9,11-12H2,1-2H3. The molecular weight excluding hydrogens is 316 g/mol. The van der Waals surface area contributed by atoms with E-state index in [1.54, 1.807) is 11.3 Å². The first-order valence-corrected chi connectivity index (χ1v) is 9.06. The molecule has 1 aliphatic rings. The van der Waals surface area contributed by atoms with Crippen molar-refractivity contribution in [2.45, 2.75) is 33.4 Å². The number of hydrogen-bond donors (Lipinski definition) is 0. The number of aromatic nitrogens is 3.